The van der Waals surface area contributed by atoms with Crippen LogP contribution in [0.25, 0.3) is 21.5 Å². The lowest BCUT2D eigenvalue weighted by Gasteiger charge is -2.13. The quantitative estimate of drug-likeness (QED) is 0.246. The van der Waals surface area contributed by atoms with Crippen molar-refractivity contribution in [3.8, 4) is 5.75 Å². The first-order chi connectivity index (χ1) is 15.6. The van der Waals surface area contributed by atoms with E-state index in [-0.39, 0.29) is 11.5 Å². The topological polar surface area (TPSA) is 117 Å². The molecule has 12 heteroatoms. The first-order valence-corrected chi connectivity index (χ1v) is 11.4. The number of aromatic amines is 1. The number of H-pyrrole nitrogens is 1. The molecule has 0 saturated heterocycles. The second kappa shape index (κ2) is 12.2. The number of hydrogen-bond donors (Lipinski definition) is 1. The molecular formula is C21H25F3N6O2S. The van der Waals surface area contributed by atoms with Crippen LogP contribution < -0.4 is 4.74 Å². The summed E-state index contributed by atoms with van der Waals surface area (Å²) in [6.07, 6.45) is -2.10. The molecule has 3 rings (SSSR count). The molecule has 178 valence electrons. The highest BCUT2D eigenvalue weighted by Crippen LogP contribution is 2.24. The highest BCUT2D eigenvalue weighted by atomic mass is 32.2. The van der Waals surface area contributed by atoms with Gasteiger partial charge in [0.25, 0.3) is 0 Å². The van der Waals surface area contributed by atoms with Crippen molar-refractivity contribution < 1.29 is 22.1 Å². The van der Waals surface area contributed by atoms with Crippen LogP contribution in [0, 0.1) is 12.8 Å². The number of imidazole rings is 1. The van der Waals surface area contributed by atoms with Crippen molar-refractivity contribution in [1.29, 1.82) is 0 Å². The van der Waals surface area contributed by atoms with Crippen LogP contribution >= 0.6 is 0 Å². The van der Waals surface area contributed by atoms with Gasteiger partial charge in [-0.05, 0) is 43.0 Å². The molecule has 2 aromatic heterocycles. The minimum Gasteiger partial charge on any atom is -0.484 e. The van der Waals surface area contributed by atoms with Crippen LogP contribution in [0.3, 0.4) is 0 Å². The number of nitrogens with zero attached hydrogens (tertiary/aromatic N) is 5. The smallest absolute Gasteiger partial charge is 0.422 e. The molecule has 0 spiro atoms. The number of halogens is 3. The summed E-state index contributed by atoms with van der Waals surface area (Å²) in [6, 6.07) is 8.62. The van der Waals surface area contributed by atoms with Gasteiger partial charge in [0.2, 0.25) is 0 Å². The van der Waals surface area contributed by atoms with E-state index >= 15 is 0 Å². The molecule has 8 nitrogen and oxygen atoms in total. The molecule has 3 aromatic rings. The summed E-state index contributed by atoms with van der Waals surface area (Å²) in [5.74, 6) is 0.735. The van der Waals surface area contributed by atoms with Gasteiger partial charge in [-0.2, -0.15) is 13.2 Å². The summed E-state index contributed by atoms with van der Waals surface area (Å²) in [5, 5.41) is 3.69. The van der Waals surface area contributed by atoms with E-state index in [2.05, 4.69) is 38.8 Å². The van der Waals surface area contributed by atoms with E-state index in [4.69, 9.17) is 10.3 Å². The first-order valence-electron chi connectivity index (χ1n) is 10.1. The SMILES string of the molecule is CC(C)CCN=[N+]=[N-].Cc1c(OCC(F)(F)F)ccnc1CS(=O)c1nc2ccccc2[nH]1. The van der Waals surface area contributed by atoms with Crippen LogP contribution in [0.4, 0.5) is 13.2 Å². The molecule has 1 atom stereocenters. The number of azide groups is 1. The van der Waals surface area contributed by atoms with Crippen LogP contribution in [-0.4, -0.2) is 38.5 Å². The van der Waals surface area contributed by atoms with Crippen molar-refractivity contribution in [2.75, 3.05) is 13.2 Å². The van der Waals surface area contributed by atoms with E-state index in [1.54, 1.807) is 13.0 Å². The van der Waals surface area contributed by atoms with Gasteiger partial charge in [-0.25, -0.2) is 4.98 Å². The minimum atomic E-state index is -4.42. The standard InChI is InChI=1S/C16H14F3N3O2S.C5H11N3/c1-10-13(20-7-6-14(10)24-9-16(17,18)19)8-25(23)15-21-11-4-2-3-5-12(11)22-15;1-5(2)3-4-7-8-6/h2-7H,8-9H2,1H3,(H,21,22);5H,3-4H2,1-2H3. The van der Waals surface area contributed by atoms with Gasteiger partial charge in [-0.15, -0.1) is 0 Å². The number of nitrogens with one attached hydrogen (secondary N) is 1. The van der Waals surface area contributed by atoms with Gasteiger partial charge in [-0.1, -0.05) is 31.1 Å². The average Bonchev–Trinajstić information content (AvgIpc) is 3.19. The van der Waals surface area contributed by atoms with Crippen LogP contribution in [0.15, 0.2) is 46.8 Å². The fourth-order valence-electron chi connectivity index (χ4n) is 2.61. The second-order valence-electron chi connectivity index (χ2n) is 7.47. The molecule has 1 unspecified atom stereocenters. The molecule has 33 heavy (non-hydrogen) atoms. The summed E-state index contributed by atoms with van der Waals surface area (Å²) in [7, 11) is -1.51. The number of hydrogen-bond acceptors (Lipinski definition) is 5. The number of alkyl halides is 3. The predicted octanol–water partition coefficient (Wildman–Crippen LogP) is 5.86. The molecule has 0 aliphatic carbocycles. The van der Waals surface area contributed by atoms with E-state index < -0.39 is 23.6 Å². The summed E-state index contributed by atoms with van der Waals surface area (Å²) < 4.78 is 54.2. The summed E-state index contributed by atoms with van der Waals surface area (Å²) in [5.41, 5.74) is 10.1. The Morgan fingerprint density at radius 1 is 1.27 bits per heavy atom. The van der Waals surface area contributed by atoms with Gasteiger partial charge < -0.3 is 9.72 Å². The predicted molar refractivity (Wildman–Crippen MR) is 120 cm³/mol. The minimum absolute atomic E-state index is 0.0227. The van der Waals surface area contributed by atoms with Crippen molar-refractivity contribution in [1.82, 2.24) is 15.0 Å². The number of benzene rings is 1. The van der Waals surface area contributed by atoms with Gasteiger partial charge in [0.05, 0.1) is 33.3 Å². The molecule has 0 radical (unpaired) electrons. The fraction of sp³-hybridized carbons (Fsp3) is 0.429. The Morgan fingerprint density at radius 2 is 2.00 bits per heavy atom. The number of fused-ring (bicyclic) bond motifs is 1. The summed E-state index contributed by atoms with van der Waals surface area (Å²) in [4.78, 5) is 14.0. The van der Waals surface area contributed by atoms with Crippen molar-refractivity contribution in [3.05, 3.63) is 58.2 Å². The van der Waals surface area contributed by atoms with E-state index in [0.717, 1.165) is 11.9 Å². The molecule has 2 heterocycles. The molecule has 1 aromatic carbocycles. The maximum Gasteiger partial charge on any atom is 0.422 e. The van der Waals surface area contributed by atoms with Crippen molar-refractivity contribution >= 4 is 21.8 Å². The molecule has 1 N–H and O–H groups in total. The molecular weight excluding hydrogens is 457 g/mol. The average molecular weight is 483 g/mol. The van der Waals surface area contributed by atoms with E-state index in [0.29, 0.717) is 34.4 Å². The maximum absolute atomic E-state index is 12.5. The lowest BCUT2D eigenvalue weighted by Crippen LogP contribution is -2.19. The number of aromatic nitrogens is 3. The zero-order valence-corrected chi connectivity index (χ0v) is 19.3. The Hall–Kier alpha value is -3.11. The highest BCUT2D eigenvalue weighted by Gasteiger charge is 2.29. The van der Waals surface area contributed by atoms with Gasteiger partial charge in [-0.3, -0.25) is 9.19 Å². The van der Waals surface area contributed by atoms with Gasteiger partial charge in [0, 0.05) is 23.2 Å². The highest BCUT2D eigenvalue weighted by molar-refractivity contribution is 7.84. The van der Waals surface area contributed by atoms with Crippen molar-refractivity contribution in [2.24, 2.45) is 11.0 Å². The Bertz CT molecular complexity index is 1090. The molecule has 0 bridgehead atoms. The number of para-hydroxylation sites is 2. The Kier molecular flexibility index (Phi) is 9.68. The third-order valence-electron chi connectivity index (χ3n) is 4.37. The van der Waals surface area contributed by atoms with E-state index in [1.807, 2.05) is 18.2 Å². The third kappa shape index (κ3) is 8.74. The van der Waals surface area contributed by atoms with Crippen molar-refractivity contribution in [3.63, 3.8) is 0 Å². The molecule has 0 aliphatic rings. The number of pyridine rings is 1. The van der Waals surface area contributed by atoms with Crippen LogP contribution in [-0.2, 0) is 16.6 Å². The summed E-state index contributed by atoms with van der Waals surface area (Å²) in [6.45, 7) is 5.04. The zero-order valence-electron chi connectivity index (χ0n) is 18.5. The Morgan fingerprint density at radius 3 is 2.64 bits per heavy atom. The number of rotatable bonds is 8. The normalized spacial score (nSPS) is 12.1. The molecule has 0 aliphatic heterocycles. The lowest BCUT2D eigenvalue weighted by molar-refractivity contribution is -0.153. The zero-order chi connectivity index (χ0) is 24.4. The Balaban J connectivity index is 0.000000414. The van der Waals surface area contributed by atoms with Gasteiger partial charge >= 0.3 is 6.18 Å². The van der Waals surface area contributed by atoms with Crippen LogP contribution in [0.2, 0.25) is 0 Å². The second-order valence-corrected chi connectivity index (χ2v) is 8.84. The van der Waals surface area contributed by atoms with Crippen molar-refractivity contribution in [2.45, 2.75) is 44.3 Å². The van der Waals surface area contributed by atoms with Crippen LogP contribution in [0.1, 0.15) is 31.5 Å². The largest absolute Gasteiger partial charge is 0.484 e. The first kappa shape index (κ1) is 26.1. The monoisotopic (exact) mass is 482 g/mol. The molecule has 0 amide bonds. The van der Waals surface area contributed by atoms with Crippen LogP contribution in [0.5, 0.6) is 5.75 Å². The van der Waals surface area contributed by atoms with E-state index in [9.17, 15) is 17.4 Å². The molecule has 0 fully saturated rings. The Labute approximate surface area is 191 Å². The fourth-order valence-corrected chi connectivity index (χ4v) is 3.71. The summed E-state index contributed by atoms with van der Waals surface area (Å²) >= 11 is 0. The third-order valence-corrected chi connectivity index (χ3v) is 5.53. The van der Waals surface area contributed by atoms with E-state index in [1.165, 1.54) is 12.3 Å². The van der Waals surface area contributed by atoms with Gasteiger partial charge in [0.15, 0.2) is 11.8 Å². The number of ether oxygens (including phenoxy) is 1. The maximum atomic E-state index is 12.5. The van der Waals surface area contributed by atoms with Gasteiger partial charge in [0.1, 0.15) is 5.75 Å². The lowest BCUT2D eigenvalue weighted by atomic mass is 10.1. The molecule has 0 saturated carbocycles.